The van der Waals surface area contributed by atoms with Gasteiger partial charge in [-0.1, -0.05) is 55.5 Å². The third-order valence-corrected chi connectivity index (χ3v) is 4.80. The van der Waals surface area contributed by atoms with E-state index in [9.17, 15) is 5.11 Å². The molecule has 110 valence electrons. The number of rotatable bonds is 5. The van der Waals surface area contributed by atoms with E-state index in [1.807, 2.05) is 18.2 Å². The van der Waals surface area contributed by atoms with E-state index in [-0.39, 0.29) is 12.0 Å². The summed E-state index contributed by atoms with van der Waals surface area (Å²) in [5.74, 6) is 1.35. The molecule has 0 saturated carbocycles. The van der Waals surface area contributed by atoms with E-state index in [1.54, 1.807) is 0 Å². The van der Waals surface area contributed by atoms with Crippen molar-refractivity contribution < 1.29 is 9.84 Å². The molecule has 0 saturated heterocycles. The van der Waals surface area contributed by atoms with Crippen LogP contribution in [-0.2, 0) is 5.41 Å². The van der Waals surface area contributed by atoms with Crippen molar-refractivity contribution in [2.75, 3.05) is 13.2 Å². The molecule has 2 aromatic carbocycles. The topological polar surface area (TPSA) is 29.5 Å². The van der Waals surface area contributed by atoms with E-state index in [2.05, 4.69) is 43.3 Å². The van der Waals surface area contributed by atoms with E-state index < -0.39 is 0 Å². The number of ether oxygens (including phenoxy) is 1. The van der Waals surface area contributed by atoms with E-state index >= 15 is 0 Å². The fourth-order valence-electron chi connectivity index (χ4n) is 3.40. The van der Waals surface area contributed by atoms with Crippen LogP contribution in [0.4, 0.5) is 0 Å². The van der Waals surface area contributed by atoms with Crippen molar-refractivity contribution in [2.24, 2.45) is 0 Å². The Morgan fingerprint density at radius 3 is 2.52 bits per heavy atom. The molecule has 0 amide bonds. The molecule has 0 bridgehead atoms. The van der Waals surface area contributed by atoms with Crippen molar-refractivity contribution in [3.05, 3.63) is 65.7 Å². The Morgan fingerprint density at radius 2 is 1.81 bits per heavy atom. The van der Waals surface area contributed by atoms with Crippen LogP contribution < -0.4 is 4.74 Å². The molecule has 0 fully saturated rings. The molecule has 3 rings (SSSR count). The summed E-state index contributed by atoms with van der Waals surface area (Å²) in [7, 11) is 0. The van der Waals surface area contributed by atoms with E-state index in [0.717, 1.165) is 18.6 Å². The largest absolute Gasteiger partial charge is 0.493 e. The van der Waals surface area contributed by atoms with Crippen molar-refractivity contribution in [1.82, 2.24) is 0 Å². The Morgan fingerprint density at radius 1 is 1.10 bits per heavy atom. The number of hydrogen-bond acceptors (Lipinski definition) is 2. The van der Waals surface area contributed by atoms with Crippen LogP contribution in [-0.4, -0.2) is 18.3 Å². The predicted octanol–water partition coefficient (Wildman–Crippen LogP) is 3.89. The van der Waals surface area contributed by atoms with Gasteiger partial charge in [0.2, 0.25) is 0 Å². The highest BCUT2D eigenvalue weighted by molar-refractivity contribution is 5.40. The molecule has 1 aliphatic rings. The Labute approximate surface area is 126 Å². The molecular weight excluding hydrogens is 260 g/mol. The van der Waals surface area contributed by atoms with Gasteiger partial charge in [0, 0.05) is 16.9 Å². The van der Waals surface area contributed by atoms with Crippen LogP contribution in [0.2, 0.25) is 0 Å². The smallest absolute Gasteiger partial charge is 0.122 e. The van der Waals surface area contributed by atoms with Crippen LogP contribution >= 0.6 is 0 Å². The van der Waals surface area contributed by atoms with Crippen molar-refractivity contribution >= 4 is 0 Å². The number of fused-ring (bicyclic) bond motifs is 1. The van der Waals surface area contributed by atoms with Gasteiger partial charge >= 0.3 is 0 Å². The van der Waals surface area contributed by atoms with Crippen LogP contribution in [0.25, 0.3) is 0 Å². The minimum atomic E-state index is -0.188. The number of para-hydroxylation sites is 1. The molecule has 2 nitrogen and oxygen atoms in total. The lowest BCUT2D eigenvalue weighted by Gasteiger charge is -2.33. The van der Waals surface area contributed by atoms with E-state index in [1.165, 1.54) is 11.1 Å². The highest BCUT2D eigenvalue weighted by Crippen LogP contribution is 2.43. The second-order valence-electron chi connectivity index (χ2n) is 5.91. The SMILES string of the molecule is CCC(CO)(CC1COc2ccccc21)c1ccccc1. The maximum Gasteiger partial charge on any atom is 0.122 e. The summed E-state index contributed by atoms with van der Waals surface area (Å²) in [6.45, 7) is 3.05. The molecule has 1 aliphatic heterocycles. The molecule has 0 aromatic heterocycles. The summed E-state index contributed by atoms with van der Waals surface area (Å²) >= 11 is 0. The molecule has 21 heavy (non-hydrogen) atoms. The summed E-state index contributed by atoms with van der Waals surface area (Å²) in [5, 5.41) is 10.1. The van der Waals surface area contributed by atoms with Gasteiger partial charge in [-0.25, -0.2) is 0 Å². The van der Waals surface area contributed by atoms with Gasteiger partial charge in [0.15, 0.2) is 0 Å². The second kappa shape index (κ2) is 5.90. The molecule has 2 aromatic rings. The molecular formula is C19H22O2. The Bertz CT molecular complexity index is 588. The third kappa shape index (κ3) is 2.56. The average Bonchev–Trinajstić information content (AvgIpc) is 2.96. The molecule has 0 aliphatic carbocycles. The molecule has 0 spiro atoms. The van der Waals surface area contributed by atoms with Gasteiger partial charge in [-0.2, -0.15) is 0 Å². The summed E-state index contributed by atoms with van der Waals surface area (Å²) in [6, 6.07) is 18.6. The zero-order valence-electron chi connectivity index (χ0n) is 12.5. The van der Waals surface area contributed by atoms with Gasteiger partial charge < -0.3 is 9.84 Å². The number of aliphatic hydroxyl groups excluding tert-OH is 1. The van der Waals surface area contributed by atoms with Crippen LogP contribution in [0.1, 0.15) is 36.8 Å². The molecule has 2 atom stereocenters. The maximum atomic E-state index is 10.1. The minimum Gasteiger partial charge on any atom is -0.493 e. The summed E-state index contributed by atoms with van der Waals surface area (Å²) in [6.07, 6.45) is 1.84. The first kappa shape index (κ1) is 14.2. The van der Waals surface area contributed by atoms with Crippen molar-refractivity contribution in [3.63, 3.8) is 0 Å². The van der Waals surface area contributed by atoms with Gasteiger partial charge in [-0.15, -0.1) is 0 Å². The molecule has 2 heteroatoms. The van der Waals surface area contributed by atoms with Gasteiger partial charge in [0.25, 0.3) is 0 Å². The molecule has 0 radical (unpaired) electrons. The van der Waals surface area contributed by atoms with Crippen LogP contribution in [0, 0.1) is 0 Å². The summed E-state index contributed by atoms with van der Waals surface area (Å²) in [5.41, 5.74) is 2.31. The predicted molar refractivity (Wildman–Crippen MR) is 84.8 cm³/mol. The third-order valence-electron chi connectivity index (χ3n) is 4.80. The zero-order chi connectivity index (χ0) is 14.7. The second-order valence-corrected chi connectivity index (χ2v) is 5.91. The Balaban J connectivity index is 1.91. The fourth-order valence-corrected chi connectivity index (χ4v) is 3.40. The first-order valence-corrected chi connectivity index (χ1v) is 7.67. The maximum absolute atomic E-state index is 10.1. The molecule has 1 heterocycles. The van der Waals surface area contributed by atoms with Crippen molar-refractivity contribution in [3.8, 4) is 5.75 Å². The Kier molecular flexibility index (Phi) is 3.98. The standard InChI is InChI=1S/C19H22O2/c1-2-19(14-20,16-8-4-3-5-9-16)12-15-13-21-18-11-7-6-10-17(15)18/h3-11,15,20H,2,12-14H2,1H3. The lowest BCUT2D eigenvalue weighted by molar-refractivity contribution is 0.164. The van der Waals surface area contributed by atoms with Crippen LogP contribution in [0.3, 0.4) is 0 Å². The monoisotopic (exact) mass is 282 g/mol. The van der Waals surface area contributed by atoms with Crippen LogP contribution in [0.5, 0.6) is 5.75 Å². The first-order chi connectivity index (χ1) is 10.3. The quantitative estimate of drug-likeness (QED) is 0.901. The zero-order valence-corrected chi connectivity index (χ0v) is 12.5. The number of hydrogen-bond donors (Lipinski definition) is 1. The van der Waals surface area contributed by atoms with Gasteiger partial charge in [0.05, 0.1) is 13.2 Å². The number of benzene rings is 2. The fraction of sp³-hybridized carbons (Fsp3) is 0.368. The summed E-state index contributed by atoms with van der Waals surface area (Å²) in [4.78, 5) is 0. The lowest BCUT2D eigenvalue weighted by Crippen LogP contribution is -2.32. The van der Waals surface area contributed by atoms with Gasteiger partial charge in [-0.05, 0) is 24.5 Å². The number of aliphatic hydroxyl groups is 1. The van der Waals surface area contributed by atoms with E-state index in [4.69, 9.17) is 4.74 Å². The highest BCUT2D eigenvalue weighted by Gasteiger charge is 2.36. The van der Waals surface area contributed by atoms with Gasteiger partial charge in [0.1, 0.15) is 5.75 Å². The average molecular weight is 282 g/mol. The van der Waals surface area contributed by atoms with Crippen molar-refractivity contribution in [1.29, 1.82) is 0 Å². The van der Waals surface area contributed by atoms with Crippen LogP contribution in [0.15, 0.2) is 54.6 Å². The molecule has 1 N–H and O–H groups in total. The van der Waals surface area contributed by atoms with E-state index in [0.29, 0.717) is 12.5 Å². The first-order valence-electron chi connectivity index (χ1n) is 7.67. The summed E-state index contributed by atoms with van der Waals surface area (Å²) < 4.78 is 5.80. The highest BCUT2D eigenvalue weighted by atomic mass is 16.5. The lowest BCUT2D eigenvalue weighted by atomic mass is 9.71. The Hall–Kier alpha value is -1.80. The van der Waals surface area contributed by atoms with Crippen molar-refractivity contribution in [2.45, 2.75) is 31.1 Å². The normalized spacial score (nSPS) is 19.6. The molecule has 2 unspecified atom stereocenters. The van der Waals surface area contributed by atoms with Gasteiger partial charge in [-0.3, -0.25) is 0 Å². The minimum absolute atomic E-state index is 0.173.